The molecule has 3 N–H and O–H groups in total. The fourth-order valence-electron chi connectivity index (χ4n) is 5.92. The van der Waals surface area contributed by atoms with Crippen molar-refractivity contribution >= 4 is 42.8 Å². The fraction of sp³-hybridized carbons (Fsp3) is 0.588. The number of aliphatic hydroxyl groups excluding tert-OH is 1. The first-order valence-electron chi connectivity index (χ1n) is 16.8. The first-order valence-corrected chi connectivity index (χ1v) is 19.1. The van der Waals surface area contributed by atoms with Gasteiger partial charge in [0.25, 0.3) is 0 Å². The third kappa shape index (κ3) is 10.3. The van der Waals surface area contributed by atoms with Gasteiger partial charge in [0.15, 0.2) is 11.4 Å². The largest absolute Gasteiger partial charge is 0.446 e. The maximum atomic E-state index is 14.2. The van der Waals surface area contributed by atoms with Crippen molar-refractivity contribution in [1.29, 1.82) is 0 Å². The number of amides is 1. The molecule has 0 radical (unpaired) electrons. The highest BCUT2D eigenvalue weighted by atomic mass is 32.2. The number of carbonyl (C=O) groups excluding carboxylic acids is 1. The number of thiazole rings is 1. The van der Waals surface area contributed by atoms with Crippen LogP contribution in [0.15, 0.2) is 41.3 Å². The van der Waals surface area contributed by atoms with Crippen molar-refractivity contribution in [3.63, 3.8) is 0 Å². The Balaban J connectivity index is 1.34. The van der Waals surface area contributed by atoms with E-state index in [0.29, 0.717) is 42.3 Å². The zero-order valence-electron chi connectivity index (χ0n) is 28.2. The molecule has 2 fully saturated rings. The summed E-state index contributed by atoms with van der Waals surface area (Å²) in [4.78, 5) is 17.8. The summed E-state index contributed by atoms with van der Waals surface area (Å²) in [6.45, 7) is 7.94. The Morgan fingerprint density at radius 2 is 1.86 bits per heavy atom. The lowest BCUT2D eigenvalue weighted by Gasteiger charge is -2.33. The number of nitrogens with zero attached hydrogens (tertiary/aromatic N) is 2. The molecule has 1 amide bonds. The van der Waals surface area contributed by atoms with E-state index < -0.39 is 58.8 Å². The van der Waals surface area contributed by atoms with Gasteiger partial charge in [-0.05, 0) is 81.3 Å². The van der Waals surface area contributed by atoms with Gasteiger partial charge in [0.2, 0.25) is 10.0 Å². The zero-order chi connectivity index (χ0) is 35.3. The van der Waals surface area contributed by atoms with Gasteiger partial charge in [0.1, 0.15) is 17.7 Å². The van der Waals surface area contributed by atoms with Gasteiger partial charge in [-0.15, -0.1) is 0 Å². The van der Waals surface area contributed by atoms with Gasteiger partial charge in [-0.3, -0.25) is 0 Å². The quantitative estimate of drug-likeness (QED) is 0.171. The number of sulfonamides is 1. The lowest BCUT2D eigenvalue weighted by molar-refractivity contribution is -0.180. The molecular weight excluding hydrogens is 679 g/mol. The predicted octanol–water partition coefficient (Wildman–Crippen LogP) is 5.67. The molecule has 2 aromatic carbocycles. The van der Waals surface area contributed by atoms with Gasteiger partial charge >= 0.3 is 6.09 Å². The number of aliphatic hydroxyl groups is 1. The molecule has 15 heteroatoms. The Kier molecular flexibility index (Phi) is 12.5. The van der Waals surface area contributed by atoms with E-state index in [2.05, 4.69) is 15.6 Å². The van der Waals surface area contributed by atoms with Gasteiger partial charge in [-0.25, -0.2) is 27.0 Å². The van der Waals surface area contributed by atoms with E-state index >= 15 is 0 Å². The molecule has 2 heterocycles. The highest BCUT2D eigenvalue weighted by Gasteiger charge is 2.34. The fourth-order valence-corrected chi connectivity index (χ4v) is 8.63. The smallest absolute Gasteiger partial charge is 0.407 e. The molecule has 270 valence electrons. The van der Waals surface area contributed by atoms with Crippen LogP contribution in [0, 0.1) is 23.5 Å². The number of hydrogen-bond acceptors (Lipinski definition) is 10. The monoisotopic (exact) mass is 724 g/mol. The van der Waals surface area contributed by atoms with Crippen molar-refractivity contribution in [2.75, 3.05) is 31.6 Å². The molecule has 1 saturated heterocycles. The van der Waals surface area contributed by atoms with Crippen LogP contribution in [0.2, 0.25) is 0 Å². The van der Waals surface area contributed by atoms with Crippen LogP contribution in [0.25, 0.3) is 10.2 Å². The van der Waals surface area contributed by atoms with Crippen LogP contribution in [-0.2, 0) is 30.7 Å². The molecule has 5 atom stereocenters. The van der Waals surface area contributed by atoms with Crippen molar-refractivity contribution < 1.29 is 41.3 Å². The molecule has 0 spiro atoms. The van der Waals surface area contributed by atoms with E-state index in [4.69, 9.17) is 14.2 Å². The Morgan fingerprint density at radius 1 is 1.12 bits per heavy atom. The van der Waals surface area contributed by atoms with Crippen LogP contribution in [-0.4, -0.2) is 85.8 Å². The van der Waals surface area contributed by atoms with E-state index in [1.54, 1.807) is 19.1 Å². The van der Waals surface area contributed by atoms with Gasteiger partial charge in [0.05, 0.1) is 33.9 Å². The van der Waals surface area contributed by atoms with Gasteiger partial charge < -0.3 is 30.0 Å². The molecule has 1 saturated carbocycles. The van der Waals surface area contributed by atoms with Gasteiger partial charge in [0, 0.05) is 44.1 Å². The maximum Gasteiger partial charge on any atom is 0.407 e. The summed E-state index contributed by atoms with van der Waals surface area (Å²) in [5.74, 6) is -1.79. The number of anilines is 1. The topological polar surface area (TPSA) is 139 Å². The number of halogens is 2. The van der Waals surface area contributed by atoms with Crippen molar-refractivity contribution in [2.45, 2.75) is 95.3 Å². The van der Waals surface area contributed by atoms with E-state index in [-0.39, 0.29) is 35.3 Å². The molecule has 11 nitrogen and oxygen atoms in total. The second-order valence-corrected chi connectivity index (χ2v) is 16.2. The predicted molar refractivity (Wildman–Crippen MR) is 183 cm³/mol. The van der Waals surface area contributed by atoms with E-state index in [9.17, 15) is 27.1 Å². The number of fused-ring (bicyclic) bond motifs is 1. The minimum Gasteiger partial charge on any atom is -0.446 e. The van der Waals surface area contributed by atoms with Crippen molar-refractivity contribution in [3.8, 4) is 0 Å². The van der Waals surface area contributed by atoms with E-state index in [1.165, 1.54) is 21.7 Å². The molecule has 2 aliphatic rings. The van der Waals surface area contributed by atoms with Crippen LogP contribution < -0.4 is 10.6 Å². The summed E-state index contributed by atoms with van der Waals surface area (Å²) < 4.78 is 75.2. The summed E-state index contributed by atoms with van der Waals surface area (Å²) in [6, 6.07) is 6.91. The van der Waals surface area contributed by atoms with Crippen LogP contribution >= 0.6 is 11.3 Å². The number of nitrogens with one attached hydrogen (secondary N) is 2. The summed E-state index contributed by atoms with van der Waals surface area (Å²) in [7, 11) is -4.13. The van der Waals surface area contributed by atoms with E-state index in [1.807, 2.05) is 20.8 Å². The summed E-state index contributed by atoms with van der Waals surface area (Å²) in [6.07, 6.45) is -0.112. The molecule has 3 aromatic rings. The van der Waals surface area contributed by atoms with Crippen molar-refractivity contribution in [2.24, 2.45) is 11.8 Å². The Labute approximate surface area is 290 Å². The second kappa shape index (κ2) is 16.4. The van der Waals surface area contributed by atoms with Crippen LogP contribution in [0.5, 0.6) is 0 Å². The number of hydrogen-bond donors (Lipinski definition) is 3. The normalized spacial score (nSPS) is 20.3. The van der Waals surface area contributed by atoms with Crippen molar-refractivity contribution in [3.05, 3.63) is 53.6 Å². The number of carbonyl (C=O) groups is 1. The summed E-state index contributed by atoms with van der Waals surface area (Å²) >= 11 is 1.38. The van der Waals surface area contributed by atoms with Gasteiger partial charge in [-0.2, -0.15) is 4.31 Å². The second-order valence-electron chi connectivity index (χ2n) is 13.2. The highest BCUT2D eigenvalue weighted by molar-refractivity contribution is 7.89. The molecule has 1 unspecified atom stereocenters. The zero-order valence-corrected chi connectivity index (χ0v) is 29.9. The third-order valence-corrected chi connectivity index (χ3v) is 11.4. The minimum atomic E-state index is -4.13. The molecule has 1 aliphatic heterocycles. The van der Waals surface area contributed by atoms with Gasteiger partial charge in [-0.1, -0.05) is 25.2 Å². The number of rotatable bonds is 16. The Bertz CT molecular complexity index is 1670. The average molecular weight is 725 g/mol. The average Bonchev–Trinajstić information content (AvgIpc) is 3.75. The highest BCUT2D eigenvalue weighted by Crippen LogP contribution is 2.33. The summed E-state index contributed by atoms with van der Waals surface area (Å²) in [5.41, 5.74) is 0.847. The first-order chi connectivity index (χ1) is 23.3. The molecule has 1 aliphatic carbocycles. The van der Waals surface area contributed by atoms with E-state index in [0.717, 1.165) is 36.2 Å². The number of alkyl carbamates (subject to hydrolysis) is 1. The van der Waals surface area contributed by atoms with Crippen LogP contribution in [0.3, 0.4) is 0 Å². The Morgan fingerprint density at radius 3 is 2.53 bits per heavy atom. The number of benzene rings is 2. The van der Waals surface area contributed by atoms with Crippen LogP contribution in [0.4, 0.5) is 18.7 Å². The van der Waals surface area contributed by atoms with Crippen molar-refractivity contribution in [1.82, 2.24) is 14.6 Å². The SMILES string of the molecule is CCO[C@H]1CC([C@@H](C)OC(=O)N[C@@H](Cc2cc(F)cc(F)c2)[C@H](O)CN(CC(C)C)S(=O)(=O)c2ccc3nc(NC4CC4)sc3c2)CCO1. The van der Waals surface area contributed by atoms with Crippen LogP contribution in [0.1, 0.15) is 58.9 Å². The molecule has 5 rings (SSSR count). The lowest BCUT2D eigenvalue weighted by atomic mass is 9.94. The first kappa shape index (κ1) is 37.3. The third-order valence-electron chi connectivity index (χ3n) is 8.60. The standard InChI is InChI=1S/C34H46F2N4O7S2/c1-5-45-32-15-23(10-11-46-32)21(4)47-34(42)39-29(14-22-12-24(35)16-25(36)13-22)30(41)19-40(18-20(2)3)49(43,44)27-8-9-28-31(17-27)48-33(38-28)37-26-6-7-26/h8-9,12-13,16-17,20-21,23,26,29-30,32,41H,5-7,10-11,14-15,18-19H2,1-4H3,(H,37,38)(H,39,42)/t21-,23?,29+,30-,32-/m1/s1. The Hall–Kier alpha value is -2.95. The number of aromatic nitrogens is 1. The minimum absolute atomic E-state index is 0.0418. The molecule has 49 heavy (non-hydrogen) atoms. The maximum absolute atomic E-state index is 14.2. The summed E-state index contributed by atoms with van der Waals surface area (Å²) in [5, 5.41) is 18.3. The number of ether oxygens (including phenoxy) is 3. The molecular formula is C34H46F2N4O7S2. The molecule has 1 aromatic heterocycles. The lowest BCUT2D eigenvalue weighted by Crippen LogP contribution is -2.51. The molecule has 0 bridgehead atoms.